The van der Waals surface area contributed by atoms with Crippen LogP contribution in [0.15, 0.2) is 54.6 Å². The molecule has 0 spiro atoms. The Balaban J connectivity index is 1.61. The molecule has 182 valence electrons. The summed E-state index contributed by atoms with van der Waals surface area (Å²) >= 11 is 0. The van der Waals surface area contributed by atoms with Crippen molar-refractivity contribution < 1.29 is 23.9 Å². The van der Waals surface area contributed by atoms with Crippen molar-refractivity contribution in [3.63, 3.8) is 0 Å². The van der Waals surface area contributed by atoms with Crippen LogP contribution in [0.5, 0.6) is 0 Å². The van der Waals surface area contributed by atoms with Gasteiger partial charge in [0.05, 0.1) is 19.1 Å². The zero-order valence-corrected chi connectivity index (χ0v) is 20.2. The van der Waals surface area contributed by atoms with Crippen molar-refractivity contribution in [1.82, 2.24) is 0 Å². The van der Waals surface area contributed by atoms with E-state index in [2.05, 4.69) is 12.1 Å². The second-order valence-electron chi connectivity index (χ2n) is 8.58. The molecule has 2 atom stereocenters. The Morgan fingerprint density at radius 1 is 0.912 bits per heavy atom. The van der Waals surface area contributed by atoms with Gasteiger partial charge in [0, 0.05) is 18.5 Å². The molecule has 1 aliphatic heterocycles. The van der Waals surface area contributed by atoms with Gasteiger partial charge in [0.15, 0.2) is 0 Å². The second-order valence-corrected chi connectivity index (χ2v) is 8.58. The van der Waals surface area contributed by atoms with E-state index in [1.165, 1.54) is 5.56 Å². The van der Waals surface area contributed by atoms with E-state index in [1.54, 1.807) is 18.7 Å². The topological polar surface area (TPSA) is 72.9 Å². The predicted octanol–water partition coefficient (Wildman–Crippen LogP) is 4.88. The highest BCUT2D eigenvalue weighted by Crippen LogP contribution is 2.34. The molecule has 3 rings (SSSR count). The minimum Gasteiger partial charge on any atom is -0.466 e. The zero-order chi connectivity index (χ0) is 24.3. The summed E-state index contributed by atoms with van der Waals surface area (Å²) in [6.07, 6.45) is 4.51. The Morgan fingerprint density at radius 3 is 2.35 bits per heavy atom. The molecule has 1 aliphatic rings. The number of ether oxygens (including phenoxy) is 2. The summed E-state index contributed by atoms with van der Waals surface area (Å²) in [6.45, 7) is 4.13. The van der Waals surface area contributed by atoms with Gasteiger partial charge in [-0.1, -0.05) is 55.0 Å². The lowest BCUT2D eigenvalue weighted by Gasteiger charge is -2.25. The molecule has 0 N–H and O–H groups in total. The summed E-state index contributed by atoms with van der Waals surface area (Å²) < 4.78 is 10.5. The molecular weight excluding hydrogens is 430 g/mol. The van der Waals surface area contributed by atoms with Crippen LogP contribution >= 0.6 is 0 Å². The lowest BCUT2D eigenvalue weighted by Crippen LogP contribution is -2.44. The number of esters is 2. The van der Waals surface area contributed by atoms with Crippen LogP contribution < -0.4 is 4.90 Å². The van der Waals surface area contributed by atoms with Gasteiger partial charge in [-0.25, -0.2) is 4.79 Å². The molecule has 34 heavy (non-hydrogen) atoms. The highest BCUT2D eigenvalue weighted by atomic mass is 16.5. The van der Waals surface area contributed by atoms with E-state index in [1.807, 2.05) is 42.5 Å². The van der Waals surface area contributed by atoms with Gasteiger partial charge in [-0.05, 0) is 56.7 Å². The summed E-state index contributed by atoms with van der Waals surface area (Å²) in [5, 5.41) is 0. The second kappa shape index (κ2) is 12.9. The highest BCUT2D eigenvalue weighted by Gasteiger charge is 2.39. The van der Waals surface area contributed by atoms with Crippen LogP contribution in [-0.2, 0) is 36.7 Å². The minimum absolute atomic E-state index is 0.165. The molecule has 6 heteroatoms. The number of rotatable bonds is 12. The van der Waals surface area contributed by atoms with Gasteiger partial charge in [0.1, 0.15) is 6.04 Å². The van der Waals surface area contributed by atoms with Crippen molar-refractivity contribution in [3.05, 3.63) is 65.7 Å². The van der Waals surface area contributed by atoms with E-state index in [-0.39, 0.29) is 30.8 Å². The van der Waals surface area contributed by atoms with Crippen molar-refractivity contribution in [2.45, 2.75) is 64.8 Å². The average molecular weight is 466 g/mol. The average Bonchev–Trinajstić information content (AvgIpc) is 3.24. The maximum atomic E-state index is 13.3. The summed E-state index contributed by atoms with van der Waals surface area (Å²) in [7, 11) is 0. The van der Waals surface area contributed by atoms with Gasteiger partial charge in [-0.15, -0.1) is 0 Å². The molecule has 0 saturated carbocycles. The SMILES string of the molecule is CCOC(=O)[C@H](CCCCc1ccccc1)CCC(=O)N1c2ccccc2C[C@H]1C(=O)OCC. The van der Waals surface area contributed by atoms with Crippen molar-refractivity contribution >= 4 is 23.5 Å². The Labute approximate surface area is 202 Å². The quantitative estimate of drug-likeness (QED) is 0.330. The number of aryl methyl sites for hydroxylation is 1. The minimum atomic E-state index is -0.656. The highest BCUT2D eigenvalue weighted by molar-refractivity contribution is 6.02. The Hall–Kier alpha value is -3.15. The molecule has 1 heterocycles. The molecule has 0 aliphatic carbocycles. The summed E-state index contributed by atoms with van der Waals surface area (Å²) in [5.74, 6) is -1.14. The van der Waals surface area contributed by atoms with E-state index in [0.29, 0.717) is 25.9 Å². The van der Waals surface area contributed by atoms with Gasteiger partial charge >= 0.3 is 11.9 Å². The third-order valence-corrected chi connectivity index (χ3v) is 6.24. The van der Waals surface area contributed by atoms with E-state index in [9.17, 15) is 14.4 Å². The number of fused-ring (bicyclic) bond motifs is 1. The molecule has 0 bridgehead atoms. The number of unbranched alkanes of at least 4 members (excludes halogenated alkanes) is 1. The standard InChI is InChI=1S/C28H35NO5/c1-3-33-27(31)22(15-9-8-14-21-12-6-5-7-13-21)18-19-26(30)29-24-17-11-10-16-23(24)20-25(29)28(32)34-4-2/h5-7,10-13,16-17,22,25H,3-4,8-9,14-15,18-20H2,1-2H3/t22-,25+/m1/s1. The number of nitrogens with zero attached hydrogens (tertiary/aromatic N) is 1. The number of hydrogen-bond acceptors (Lipinski definition) is 5. The Morgan fingerprint density at radius 2 is 1.62 bits per heavy atom. The third-order valence-electron chi connectivity index (χ3n) is 6.24. The van der Waals surface area contributed by atoms with Crippen LogP contribution in [0.3, 0.4) is 0 Å². The number of amides is 1. The molecule has 6 nitrogen and oxygen atoms in total. The largest absolute Gasteiger partial charge is 0.466 e. The first-order chi connectivity index (χ1) is 16.5. The number of anilines is 1. The summed E-state index contributed by atoms with van der Waals surface area (Å²) in [4.78, 5) is 40.0. The molecule has 1 amide bonds. The molecule has 0 saturated heterocycles. The van der Waals surface area contributed by atoms with E-state index >= 15 is 0 Å². The maximum absolute atomic E-state index is 13.3. The van der Waals surface area contributed by atoms with Gasteiger partial charge in [-0.3, -0.25) is 14.5 Å². The van der Waals surface area contributed by atoms with Crippen molar-refractivity contribution in [2.75, 3.05) is 18.1 Å². The van der Waals surface area contributed by atoms with Gasteiger partial charge in [0.25, 0.3) is 0 Å². The summed E-state index contributed by atoms with van der Waals surface area (Å²) in [6, 6.07) is 17.2. The molecule has 0 fully saturated rings. The molecular formula is C28H35NO5. The third kappa shape index (κ3) is 6.69. The Bertz CT molecular complexity index is 958. The maximum Gasteiger partial charge on any atom is 0.329 e. The molecule has 2 aromatic rings. The smallest absolute Gasteiger partial charge is 0.329 e. The van der Waals surface area contributed by atoms with E-state index in [4.69, 9.17) is 9.47 Å². The lowest BCUT2D eigenvalue weighted by molar-refractivity contribution is -0.149. The van der Waals surface area contributed by atoms with Crippen molar-refractivity contribution in [1.29, 1.82) is 0 Å². The lowest BCUT2D eigenvalue weighted by atomic mass is 9.95. The first-order valence-corrected chi connectivity index (χ1v) is 12.3. The van der Waals surface area contributed by atoms with Crippen molar-refractivity contribution in [3.8, 4) is 0 Å². The molecule has 2 aromatic carbocycles. The fourth-order valence-corrected chi connectivity index (χ4v) is 4.54. The van der Waals surface area contributed by atoms with Gasteiger partial charge in [-0.2, -0.15) is 0 Å². The van der Waals surface area contributed by atoms with Crippen LogP contribution in [0.25, 0.3) is 0 Å². The first-order valence-electron chi connectivity index (χ1n) is 12.3. The number of carbonyl (C=O) groups is 3. The molecule has 0 radical (unpaired) electrons. The van der Waals surface area contributed by atoms with Gasteiger partial charge < -0.3 is 9.47 Å². The predicted molar refractivity (Wildman–Crippen MR) is 131 cm³/mol. The first kappa shape index (κ1) is 25.5. The number of carbonyl (C=O) groups excluding carboxylic acids is 3. The summed E-state index contributed by atoms with van der Waals surface area (Å²) in [5.41, 5.74) is 2.99. The zero-order valence-electron chi connectivity index (χ0n) is 20.2. The fourth-order valence-electron chi connectivity index (χ4n) is 4.54. The van der Waals surface area contributed by atoms with E-state index in [0.717, 1.165) is 30.5 Å². The number of para-hydroxylation sites is 1. The van der Waals surface area contributed by atoms with Crippen molar-refractivity contribution in [2.24, 2.45) is 5.92 Å². The normalized spacial score (nSPS) is 15.5. The van der Waals surface area contributed by atoms with Crippen LogP contribution in [0, 0.1) is 5.92 Å². The Kier molecular flexibility index (Phi) is 9.68. The van der Waals surface area contributed by atoms with Crippen LogP contribution in [0.2, 0.25) is 0 Å². The van der Waals surface area contributed by atoms with Crippen LogP contribution in [0.1, 0.15) is 57.1 Å². The number of benzene rings is 2. The number of hydrogen-bond donors (Lipinski definition) is 0. The van der Waals surface area contributed by atoms with E-state index < -0.39 is 12.0 Å². The molecule has 0 unspecified atom stereocenters. The fraction of sp³-hybridized carbons (Fsp3) is 0.464. The molecule has 0 aromatic heterocycles. The van der Waals surface area contributed by atoms with Gasteiger partial charge in [0.2, 0.25) is 5.91 Å². The van der Waals surface area contributed by atoms with Crippen LogP contribution in [-0.4, -0.2) is 37.1 Å². The van der Waals surface area contributed by atoms with Crippen LogP contribution in [0.4, 0.5) is 5.69 Å². The monoisotopic (exact) mass is 465 g/mol.